The smallest absolute Gasteiger partial charge is 0.110 e. The Kier molecular flexibility index (Phi) is 3.80. The highest BCUT2D eigenvalue weighted by Crippen LogP contribution is 2.34. The summed E-state index contributed by atoms with van der Waals surface area (Å²) >= 11 is 5.16. The monoisotopic (exact) mass is 288 g/mol. The topological polar surface area (TPSA) is 24.9 Å². The van der Waals surface area contributed by atoms with E-state index >= 15 is 0 Å². The summed E-state index contributed by atoms with van der Waals surface area (Å²) in [6, 6.07) is 0.977. The van der Waals surface area contributed by atoms with Gasteiger partial charge < -0.3 is 5.32 Å². The Morgan fingerprint density at radius 1 is 1.60 bits per heavy atom. The van der Waals surface area contributed by atoms with Crippen molar-refractivity contribution in [1.29, 1.82) is 0 Å². The van der Waals surface area contributed by atoms with Crippen LogP contribution in [0.3, 0.4) is 0 Å². The van der Waals surface area contributed by atoms with Crippen molar-refractivity contribution in [2.24, 2.45) is 5.92 Å². The van der Waals surface area contributed by atoms with Crippen molar-refractivity contribution in [3.63, 3.8) is 0 Å². The van der Waals surface area contributed by atoms with Gasteiger partial charge in [0.25, 0.3) is 0 Å². The van der Waals surface area contributed by atoms with Crippen LogP contribution in [0.5, 0.6) is 0 Å². The average molecular weight is 289 g/mol. The van der Waals surface area contributed by atoms with Crippen LogP contribution in [0.4, 0.5) is 0 Å². The molecule has 1 aliphatic rings. The van der Waals surface area contributed by atoms with E-state index in [-0.39, 0.29) is 0 Å². The third kappa shape index (κ3) is 3.54. The highest BCUT2D eigenvalue weighted by Gasteiger charge is 2.24. The van der Waals surface area contributed by atoms with E-state index in [4.69, 9.17) is 0 Å². The lowest BCUT2D eigenvalue weighted by Crippen LogP contribution is -2.29. The van der Waals surface area contributed by atoms with Crippen LogP contribution in [0.25, 0.3) is 0 Å². The summed E-state index contributed by atoms with van der Waals surface area (Å²) in [6.45, 7) is 4.46. The highest BCUT2D eigenvalue weighted by molar-refractivity contribution is 9.11. The molecule has 1 N–H and O–H groups in total. The van der Waals surface area contributed by atoms with Crippen LogP contribution in [0.15, 0.2) is 9.98 Å². The molecule has 0 bridgehead atoms. The molecular formula is C11H17BrN2S. The summed E-state index contributed by atoms with van der Waals surface area (Å²) in [4.78, 5) is 4.37. The van der Waals surface area contributed by atoms with Crippen molar-refractivity contribution in [1.82, 2.24) is 10.3 Å². The minimum Gasteiger partial charge on any atom is -0.306 e. The van der Waals surface area contributed by atoms with Crippen LogP contribution in [0.1, 0.15) is 44.2 Å². The number of nitrogens with zero attached hydrogens (tertiary/aromatic N) is 1. The number of hydrogen-bond acceptors (Lipinski definition) is 3. The van der Waals surface area contributed by atoms with Gasteiger partial charge in [-0.25, -0.2) is 4.98 Å². The lowest BCUT2D eigenvalue weighted by molar-refractivity contribution is 0.437. The van der Waals surface area contributed by atoms with Crippen molar-refractivity contribution in [3.05, 3.63) is 15.0 Å². The zero-order valence-corrected chi connectivity index (χ0v) is 11.6. The molecule has 1 aromatic rings. The first-order chi connectivity index (χ1) is 7.15. The minimum atomic E-state index is 0.370. The zero-order valence-electron chi connectivity index (χ0n) is 9.16. The summed E-state index contributed by atoms with van der Waals surface area (Å²) in [5, 5.41) is 4.78. The molecule has 1 aliphatic carbocycles. The molecule has 1 fully saturated rings. The number of halogens is 1. The molecule has 1 aromatic heterocycles. The second-order valence-corrected chi connectivity index (χ2v) is 6.91. The van der Waals surface area contributed by atoms with Crippen molar-refractivity contribution in [2.45, 2.75) is 45.2 Å². The van der Waals surface area contributed by atoms with E-state index in [0.717, 1.165) is 9.70 Å². The average Bonchev–Trinajstić information content (AvgIpc) is 2.85. The Morgan fingerprint density at radius 3 is 2.87 bits per heavy atom. The predicted octanol–water partition coefficient (Wildman–Crippen LogP) is 3.74. The Balaban J connectivity index is 1.82. The largest absolute Gasteiger partial charge is 0.306 e. The maximum Gasteiger partial charge on any atom is 0.110 e. The van der Waals surface area contributed by atoms with Crippen LogP contribution < -0.4 is 5.32 Å². The van der Waals surface area contributed by atoms with E-state index in [9.17, 15) is 0 Å². The van der Waals surface area contributed by atoms with E-state index in [1.807, 2.05) is 6.20 Å². The maximum absolute atomic E-state index is 4.37. The second kappa shape index (κ2) is 4.93. The fraction of sp³-hybridized carbons (Fsp3) is 0.727. The molecule has 2 atom stereocenters. The van der Waals surface area contributed by atoms with E-state index in [2.05, 4.69) is 40.1 Å². The number of nitrogens with one attached hydrogen (secondary N) is 1. The standard InChI is InChI=1S/C11H17BrN2S/c1-7(5-9-3-4-9)14-8(2)11-13-6-10(12)15-11/h6-9,14H,3-5H2,1-2H3. The lowest BCUT2D eigenvalue weighted by Gasteiger charge is -2.17. The van der Waals surface area contributed by atoms with Gasteiger partial charge >= 0.3 is 0 Å². The molecule has 2 unspecified atom stereocenters. The Labute approximate surface area is 104 Å². The molecule has 0 radical (unpaired) electrons. The summed E-state index contributed by atoms with van der Waals surface area (Å²) in [5.41, 5.74) is 0. The molecule has 4 heteroatoms. The molecule has 15 heavy (non-hydrogen) atoms. The van der Waals surface area contributed by atoms with Crippen LogP contribution >= 0.6 is 27.3 Å². The van der Waals surface area contributed by atoms with Gasteiger partial charge in [-0.3, -0.25) is 0 Å². The van der Waals surface area contributed by atoms with E-state index in [1.165, 1.54) is 24.3 Å². The summed E-state index contributed by atoms with van der Waals surface area (Å²) < 4.78 is 1.11. The fourth-order valence-electron chi connectivity index (χ4n) is 1.89. The van der Waals surface area contributed by atoms with Gasteiger partial charge in [-0.15, -0.1) is 11.3 Å². The molecule has 2 nitrogen and oxygen atoms in total. The van der Waals surface area contributed by atoms with Gasteiger partial charge in [-0.1, -0.05) is 12.8 Å². The third-order valence-corrected chi connectivity index (χ3v) is 4.44. The van der Waals surface area contributed by atoms with Gasteiger partial charge in [0.2, 0.25) is 0 Å². The molecular weight excluding hydrogens is 272 g/mol. The van der Waals surface area contributed by atoms with Gasteiger partial charge in [0.15, 0.2) is 0 Å². The van der Waals surface area contributed by atoms with Gasteiger partial charge in [0, 0.05) is 6.04 Å². The molecule has 0 spiro atoms. The predicted molar refractivity (Wildman–Crippen MR) is 68.2 cm³/mol. The number of thiazole rings is 1. The third-order valence-electron chi connectivity index (χ3n) is 2.78. The molecule has 0 saturated heterocycles. The maximum atomic E-state index is 4.37. The summed E-state index contributed by atoms with van der Waals surface area (Å²) in [7, 11) is 0. The fourth-order valence-corrected chi connectivity index (χ4v) is 3.14. The van der Waals surface area contributed by atoms with E-state index < -0.39 is 0 Å². The normalized spacial score (nSPS) is 20.2. The molecule has 84 valence electrons. The molecule has 0 amide bonds. The number of hydrogen-bond donors (Lipinski definition) is 1. The van der Waals surface area contributed by atoms with Gasteiger partial charge in [-0.05, 0) is 42.1 Å². The van der Waals surface area contributed by atoms with Crippen LogP contribution in [0, 0.1) is 5.92 Å². The van der Waals surface area contributed by atoms with Crippen molar-refractivity contribution in [2.75, 3.05) is 0 Å². The quantitative estimate of drug-likeness (QED) is 0.893. The van der Waals surface area contributed by atoms with Crippen LogP contribution in [-0.2, 0) is 0 Å². The zero-order chi connectivity index (χ0) is 10.8. The Hall–Kier alpha value is 0.0700. The SMILES string of the molecule is CC(CC1CC1)NC(C)c1ncc(Br)s1. The van der Waals surface area contributed by atoms with Crippen LogP contribution in [-0.4, -0.2) is 11.0 Å². The summed E-state index contributed by atoms with van der Waals surface area (Å²) in [5.74, 6) is 0.989. The number of rotatable bonds is 5. The van der Waals surface area contributed by atoms with E-state index in [0.29, 0.717) is 12.1 Å². The van der Waals surface area contributed by atoms with Crippen molar-refractivity contribution in [3.8, 4) is 0 Å². The molecule has 2 rings (SSSR count). The van der Waals surface area contributed by atoms with Gasteiger partial charge in [0.1, 0.15) is 5.01 Å². The second-order valence-electron chi connectivity index (χ2n) is 4.47. The molecule has 1 heterocycles. The van der Waals surface area contributed by atoms with Crippen LogP contribution in [0.2, 0.25) is 0 Å². The van der Waals surface area contributed by atoms with Gasteiger partial charge in [-0.2, -0.15) is 0 Å². The first kappa shape index (κ1) is 11.6. The minimum absolute atomic E-state index is 0.370. The molecule has 1 saturated carbocycles. The lowest BCUT2D eigenvalue weighted by atomic mass is 10.1. The van der Waals surface area contributed by atoms with Crippen molar-refractivity contribution >= 4 is 27.3 Å². The molecule has 0 aromatic carbocycles. The van der Waals surface area contributed by atoms with Crippen molar-refractivity contribution < 1.29 is 0 Å². The number of aromatic nitrogens is 1. The molecule has 0 aliphatic heterocycles. The van der Waals surface area contributed by atoms with Gasteiger partial charge in [0.05, 0.1) is 16.0 Å². The Bertz CT molecular complexity index is 322. The first-order valence-electron chi connectivity index (χ1n) is 5.52. The first-order valence-corrected chi connectivity index (χ1v) is 7.13. The Morgan fingerprint density at radius 2 is 2.33 bits per heavy atom. The van der Waals surface area contributed by atoms with E-state index in [1.54, 1.807) is 11.3 Å². The highest BCUT2D eigenvalue weighted by atomic mass is 79.9. The summed E-state index contributed by atoms with van der Waals surface area (Å²) in [6.07, 6.45) is 6.06.